The lowest BCUT2D eigenvalue weighted by Gasteiger charge is -2.10. The number of sulfone groups is 1. The molecule has 1 fully saturated rings. The Labute approximate surface area is 115 Å². The summed E-state index contributed by atoms with van der Waals surface area (Å²) in [4.78, 5) is 11.2. The maximum Gasteiger partial charge on any atom is 0.337 e. The Morgan fingerprint density at radius 3 is 2.90 bits per heavy atom. The Kier molecular flexibility index (Phi) is 2.97. The van der Waals surface area contributed by atoms with Gasteiger partial charge in [-0.3, -0.25) is 0 Å². The van der Waals surface area contributed by atoms with Crippen molar-refractivity contribution in [2.24, 2.45) is 0 Å². The number of aromatic carboxylic acids is 1. The lowest BCUT2D eigenvalue weighted by Crippen LogP contribution is -2.23. The molecule has 0 aliphatic carbocycles. The van der Waals surface area contributed by atoms with Crippen LogP contribution in [0.4, 0.5) is 0 Å². The van der Waals surface area contributed by atoms with Gasteiger partial charge in [0.15, 0.2) is 9.84 Å². The van der Waals surface area contributed by atoms with E-state index in [1.807, 2.05) is 0 Å². The fourth-order valence-corrected chi connectivity index (χ4v) is 4.38. The molecule has 0 bridgehead atoms. The normalized spacial score (nSPS) is 21.3. The Balaban J connectivity index is 2.06. The molecule has 7 nitrogen and oxygen atoms in total. The van der Waals surface area contributed by atoms with Gasteiger partial charge < -0.3 is 5.11 Å². The average Bonchev–Trinajstić information content (AvgIpc) is 2.94. The summed E-state index contributed by atoms with van der Waals surface area (Å²) < 4.78 is 25.1. The van der Waals surface area contributed by atoms with E-state index in [2.05, 4.69) is 10.3 Å². The summed E-state index contributed by atoms with van der Waals surface area (Å²) in [6, 6.07) is 4.72. The van der Waals surface area contributed by atoms with E-state index >= 15 is 0 Å². The number of carboxylic acids is 1. The van der Waals surface area contributed by atoms with E-state index in [1.54, 1.807) is 12.1 Å². The molecule has 20 heavy (non-hydrogen) atoms. The van der Waals surface area contributed by atoms with Crippen LogP contribution in [-0.4, -0.2) is 45.5 Å². The number of hydrogen-bond donors (Lipinski definition) is 1. The van der Waals surface area contributed by atoms with Gasteiger partial charge >= 0.3 is 5.97 Å². The number of carboxylic acid groups (broad SMARTS) is 1. The minimum atomic E-state index is -3.10. The Bertz CT molecular complexity index is 781. The van der Waals surface area contributed by atoms with Crippen molar-refractivity contribution in [2.75, 3.05) is 5.75 Å². The van der Waals surface area contributed by atoms with Crippen molar-refractivity contribution >= 4 is 26.8 Å². The van der Waals surface area contributed by atoms with Gasteiger partial charge in [0.1, 0.15) is 11.0 Å². The molecule has 1 aromatic carbocycles. The molecule has 0 spiro atoms. The highest BCUT2D eigenvalue weighted by Gasteiger charge is 2.32. The van der Waals surface area contributed by atoms with Crippen LogP contribution in [0.1, 0.15) is 23.2 Å². The standard InChI is InChI=1S/C12H13N3O4S/c16-12(17)9-4-1-5-10-11(9)15(14-13-10)7-8-3-2-6-20(8,18)19/h1,4-5,8H,2-3,6-7H2,(H,16,17). The molecule has 1 unspecified atom stereocenters. The Morgan fingerprint density at radius 1 is 1.45 bits per heavy atom. The number of rotatable bonds is 3. The van der Waals surface area contributed by atoms with E-state index < -0.39 is 21.1 Å². The van der Waals surface area contributed by atoms with Crippen LogP contribution in [0.25, 0.3) is 11.0 Å². The number of hydrogen-bond acceptors (Lipinski definition) is 5. The SMILES string of the molecule is O=C(O)c1cccc2nnn(CC3CCCS3(=O)=O)c12. The highest BCUT2D eigenvalue weighted by atomic mass is 32.2. The van der Waals surface area contributed by atoms with Crippen LogP contribution in [-0.2, 0) is 16.4 Å². The third kappa shape index (κ3) is 2.05. The van der Waals surface area contributed by atoms with Crippen LogP contribution in [0.2, 0.25) is 0 Å². The summed E-state index contributed by atoms with van der Waals surface area (Å²) in [5.74, 6) is -0.885. The summed E-state index contributed by atoms with van der Waals surface area (Å²) in [5.41, 5.74) is 0.922. The quantitative estimate of drug-likeness (QED) is 0.894. The van der Waals surface area contributed by atoms with E-state index in [0.717, 1.165) is 0 Å². The molecule has 1 aromatic heterocycles. The van der Waals surface area contributed by atoms with Crippen molar-refractivity contribution in [1.29, 1.82) is 0 Å². The molecule has 2 heterocycles. The van der Waals surface area contributed by atoms with Gasteiger partial charge in [0, 0.05) is 0 Å². The summed E-state index contributed by atoms with van der Waals surface area (Å²) >= 11 is 0. The van der Waals surface area contributed by atoms with Crippen molar-refractivity contribution in [3.8, 4) is 0 Å². The van der Waals surface area contributed by atoms with Gasteiger partial charge in [-0.05, 0) is 25.0 Å². The highest BCUT2D eigenvalue weighted by Crippen LogP contribution is 2.24. The zero-order valence-corrected chi connectivity index (χ0v) is 11.4. The minimum absolute atomic E-state index is 0.0860. The maximum atomic E-state index is 11.9. The number of benzene rings is 1. The van der Waals surface area contributed by atoms with E-state index in [-0.39, 0.29) is 17.9 Å². The first kappa shape index (κ1) is 13.0. The molecule has 8 heteroatoms. The van der Waals surface area contributed by atoms with E-state index in [1.165, 1.54) is 10.7 Å². The highest BCUT2D eigenvalue weighted by molar-refractivity contribution is 7.92. The molecular formula is C12H13N3O4S. The lowest BCUT2D eigenvalue weighted by molar-refractivity contribution is 0.0698. The lowest BCUT2D eigenvalue weighted by atomic mass is 10.2. The monoisotopic (exact) mass is 295 g/mol. The Morgan fingerprint density at radius 2 is 2.25 bits per heavy atom. The summed E-state index contributed by atoms with van der Waals surface area (Å²) in [6.07, 6.45) is 1.23. The fourth-order valence-electron chi connectivity index (χ4n) is 2.59. The average molecular weight is 295 g/mol. The van der Waals surface area contributed by atoms with Gasteiger partial charge in [0.05, 0.1) is 23.1 Å². The first-order valence-electron chi connectivity index (χ1n) is 6.26. The Hall–Kier alpha value is -1.96. The van der Waals surface area contributed by atoms with Crippen LogP contribution >= 0.6 is 0 Å². The summed E-state index contributed by atoms with van der Waals surface area (Å²) in [7, 11) is -3.10. The molecule has 2 aromatic rings. The third-order valence-electron chi connectivity index (χ3n) is 3.60. The first-order valence-corrected chi connectivity index (χ1v) is 7.97. The van der Waals surface area contributed by atoms with Crippen LogP contribution in [0, 0.1) is 0 Å². The summed E-state index contributed by atoms with van der Waals surface area (Å²) in [5, 5.41) is 16.5. The van der Waals surface area contributed by atoms with Crippen molar-refractivity contribution in [3.63, 3.8) is 0 Å². The molecule has 1 atom stereocenters. The molecule has 3 rings (SSSR count). The number of aromatic nitrogens is 3. The van der Waals surface area contributed by atoms with Crippen LogP contribution in [0.5, 0.6) is 0 Å². The predicted octanol–water partition coefficient (Wildman–Crippen LogP) is 0.707. The summed E-state index contributed by atoms with van der Waals surface area (Å²) in [6.45, 7) is 0.156. The second-order valence-electron chi connectivity index (χ2n) is 4.88. The first-order chi connectivity index (χ1) is 9.49. The van der Waals surface area contributed by atoms with Gasteiger partial charge in [0.25, 0.3) is 0 Å². The molecule has 0 amide bonds. The van der Waals surface area contributed by atoms with Crippen LogP contribution in [0.15, 0.2) is 18.2 Å². The fraction of sp³-hybridized carbons (Fsp3) is 0.417. The molecule has 0 saturated carbocycles. The molecule has 1 aliphatic rings. The number of fused-ring (bicyclic) bond motifs is 1. The number of nitrogens with zero attached hydrogens (tertiary/aromatic N) is 3. The molecule has 1 saturated heterocycles. The topological polar surface area (TPSA) is 102 Å². The van der Waals surface area contributed by atoms with Crippen molar-refractivity contribution in [3.05, 3.63) is 23.8 Å². The van der Waals surface area contributed by atoms with Gasteiger partial charge in [-0.25, -0.2) is 17.9 Å². The number of carbonyl (C=O) groups is 1. The van der Waals surface area contributed by atoms with E-state index in [9.17, 15) is 18.3 Å². The molecule has 1 N–H and O–H groups in total. The van der Waals surface area contributed by atoms with Gasteiger partial charge in [-0.2, -0.15) is 0 Å². The zero-order chi connectivity index (χ0) is 14.3. The molecule has 0 radical (unpaired) electrons. The third-order valence-corrected chi connectivity index (χ3v) is 5.86. The van der Waals surface area contributed by atoms with Crippen molar-refractivity contribution in [2.45, 2.75) is 24.6 Å². The molecule has 106 valence electrons. The molecule has 1 aliphatic heterocycles. The predicted molar refractivity (Wildman–Crippen MR) is 71.3 cm³/mol. The largest absolute Gasteiger partial charge is 0.478 e. The molecular weight excluding hydrogens is 282 g/mol. The second kappa shape index (κ2) is 4.55. The van der Waals surface area contributed by atoms with Crippen LogP contribution < -0.4 is 0 Å². The maximum absolute atomic E-state index is 11.9. The minimum Gasteiger partial charge on any atom is -0.478 e. The van der Waals surface area contributed by atoms with E-state index in [0.29, 0.717) is 23.9 Å². The van der Waals surface area contributed by atoms with Crippen molar-refractivity contribution in [1.82, 2.24) is 15.0 Å². The van der Waals surface area contributed by atoms with Gasteiger partial charge in [0.2, 0.25) is 0 Å². The van der Waals surface area contributed by atoms with Crippen molar-refractivity contribution < 1.29 is 18.3 Å². The second-order valence-corrected chi connectivity index (χ2v) is 7.28. The smallest absolute Gasteiger partial charge is 0.337 e. The van der Waals surface area contributed by atoms with Gasteiger partial charge in [-0.15, -0.1) is 5.10 Å². The van der Waals surface area contributed by atoms with Gasteiger partial charge in [-0.1, -0.05) is 11.3 Å². The number of para-hydroxylation sites is 1. The van der Waals surface area contributed by atoms with Crippen LogP contribution in [0.3, 0.4) is 0 Å². The zero-order valence-electron chi connectivity index (χ0n) is 10.6. The van der Waals surface area contributed by atoms with E-state index in [4.69, 9.17) is 0 Å².